The summed E-state index contributed by atoms with van der Waals surface area (Å²) in [6.07, 6.45) is 1.76. The van der Waals surface area contributed by atoms with Crippen LogP contribution >= 0.6 is 0 Å². The van der Waals surface area contributed by atoms with Gasteiger partial charge in [-0.1, -0.05) is 6.07 Å². The van der Waals surface area contributed by atoms with Crippen molar-refractivity contribution >= 4 is 34.2 Å². The number of fused-ring (bicyclic) bond motifs is 2. The fourth-order valence-corrected chi connectivity index (χ4v) is 4.46. The zero-order valence-corrected chi connectivity index (χ0v) is 20.0. The number of benzene rings is 1. The summed E-state index contributed by atoms with van der Waals surface area (Å²) < 4.78 is 32.7. The average Bonchev–Trinajstić information content (AvgIpc) is 3.63. The number of aryl methyl sites for hydroxylation is 3. The first-order valence-electron chi connectivity index (χ1n) is 11.6. The molecule has 1 aliphatic rings. The number of aromatic amines is 1. The Balaban J connectivity index is 1.42. The van der Waals surface area contributed by atoms with Crippen LogP contribution < -0.4 is 15.4 Å². The molecule has 0 radical (unpaired) electrons. The minimum Gasteiger partial charge on any atom is -0.494 e. The summed E-state index contributed by atoms with van der Waals surface area (Å²) in [6, 6.07) is 9.15. The smallest absolute Gasteiger partial charge is 0.295 e. The van der Waals surface area contributed by atoms with Gasteiger partial charge in [-0.2, -0.15) is 20.1 Å². The number of methoxy groups -OCH3 is 1. The fourth-order valence-electron chi connectivity index (χ4n) is 4.46. The number of nitrogens with zero attached hydrogens (tertiary/aromatic N) is 7. The van der Waals surface area contributed by atoms with Crippen LogP contribution in [-0.2, 0) is 19.9 Å². The third-order valence-corrected chi connectivity index (χ3v) is 6.13. The third-order valence-electron chi connectivity index (χ3n) is 6.13. The Hall–Kier alpha value is -4.68. The standard InChI is InChI=1S/C24H22F2N10O/c1-36-27-11-17(35-36)13-6-4-8-15(21(13)37-2)28-16-10-18(30-23-20(16)31-24(32-23)22(25)26)29-19-9-12-5-3-7-14(12)33-34-19/h4,6,8-11,22H,3,5,7H2,1-2H3,(H3,28,29,30,31,32,34). The molecule has 0 saturated heterocycles. The molecule has 188 valence electrons. The quantitative estimate of drug-likeness (QED) is 0.294. The predicted molar refractivity (Wildman–Crippen MR) is 132 cm³/mol. The summed E-state index contributed by atoms with van der Waals surface area (Å²) in [5.41, 5.74) is 5.00. The van der Waals surface area contributed by atoms with Crippen LogP contribution in [0.5, 0.6) is 5.75 Å². The Morgan fingerprint density at radius 2 is 1.95 bits per heavy atom. The molecule has 5 aromatic rings. The normalized spacial score (nSPS) is 12.8. The summed E-state index contributed by atoms with van der Waals surface area (Å²) in [7, 11) is 3.28. The zero-order valence-electron chi connectivity index (χ0n) is 20.0. The maximum Gasteiger partial charge on any atom is 0.295 e. The topological polar surface area (TPSA) is 131 Å². The molecular formula is C24H22F2N10O. The third kappa shape index (κ3) is 4.28. The van der Waals surface area contributed by atoms with Gasteiger partial charge in [0.05, 0.1) is 30.4 Å². The number of hydrogen-bond acceptors (Lipinski definition) is 9. The van der Waals surface area contributed by atoms with E-state index in [0.717, 1.165) is 36.1 Å². The van der Waals surface area contributed by atoms with Crippen LogP contribution in [0.1, 0.15) is 29.9 Å². The zero-order chi connectivity index (χ0) is 25.5. The summed E-state index contributed by atoms with van der Waals surface area (Å²) >= 11 is 0. The first-order chi connectivity index (χ1) is 18.0. The SMILES string of the molecule is COc1c(Nc2cc(Nc3cc4c(nn3)CCC4)nc3nc(C(F)F)[nH]c23)cccc1-c1cnn(C)n1. The minimum absolute atomic E-state index is 0.126. The van der Waals surface area contributed by atoms with Crippen molar-refractivity contribution in [3.63, 3.8) is 0 Å². The van der Waals surface area contributed by atoms with Crippen molar-refractivity contribution in [2.24, 2.45) is 7.05 Å². The van der Waals surface area contributed by atoms with Gasteiger partial charge in [-0.05, 0) is 43.0 Å². The molecule has 11 nitrogen and oxygen atoms in total. The molecule has 13 heteroatoms. The van der Waals surface area contributed by atoms with Crippen LogP contribution in [0.25, 0.3) is 22.4 Å². The Labute approximate surface area is 209 Å². The van der Waals surface area contributed by atoms with Crippen LogP contribution in [0.2, 0.25) is 0 Å². The summed E-state index contributed by atoms with van der Waals surface area (Å²) in [5, 5.41) is 23.5. The van der Waals surface area contributed by atoms with Crippen LogP contribution in [0.15, 0.2) is 36.5 Å². The van der Waals surface area contributed by atoms with Gasteiger partial charge in [-0.3, -0.25) is 0 Å². The van der Waals surface area contributed by atoms with Gasteiger partial charge in [0.15, 0.2) is 23.0 Å². The average molecular weight is 505 g/mol. The van der Waals surface area contributed by atoms with Crippen molar-refractivity contribution in [1.29, 1.82) is 0 Å². The number of halogens is 2. The van der Waals surface area contributed by atoms with Gasteiger partial charge in [0.1, 0.15) is 17.0 Å². The maximum absolute atomic E-state index is 13.5. The van der Waals surface area contributed by atoms with E-state index in [9.17, 15) is 8.78 Å². The number of pyridine rings is 1. The van der Waals surface area contributed by atoms with Gasteiger partial charge in [-0.25, -0.2) is 18.7 Å². The van der Waals surface area contributed by atoms with E-state index in [2.05, 4.69) is 46.0 Å². The van der Waals surface area contributed by atoms with Gasteiger partial charge in [0, 0.05) is 18.7 Å². The number of H-pyrrole nitrogens is 1. The second kappa shape index (κ2) is 9.08. The molecule has 4 heterocycles. The molecule has 0 fully saturated rings. The van der Waals surface area contributed by atoms with Gasteiger partial charge >= 0.3 is 0 Å². The molecular weight excluding hydrogens is 482 g/mol. The molecule has 1 aliphatic carbocycles. The Morgan fingerprint density at radius 3 is 2.73 bits per heavy atom. The monoisotopic (exact) mass is 504 g/mol. The molecule has 0 bridgehead atoms. The highest BCUT2D eigenvalue weighted by molar-refractivity contribution is 5.92. The maximum atomic E-state index is 13.5. The highest BCUT2D eigenvalue weighted by Gasteiger charge is 2.20. The van der Waals surface area contributed by atoms with E-state index in [4.69, 9.17) is 4.74 Å². The van der Waals surface area contributed by atoms with E-state index < -0.39 is 12.2 Å². The summed E-state index contributed by atoms with van der Waals surface area (Å²) in [4.78, 5) is 12.6. The van der Waals surface area contributed by atoms with Crippen molar-refractivity contribution in [2.75, 3.05) is 17.7 Å². The highest BCUT2D eigenvalue weighted by atomic mass is 19.3. The molecule has 1 aromatic carbocycles. The number of aromatic nitrogens is 8. The van der Waals surface area contributed by atoms with Crippen molar-refractivity contribution < 1.29 is 13.5 Å². The van der Waals surface area contributed by atoms with E-state index in [-0.39, 0.29) is 5.65 Å². The van der Waals surface area contributed by atoms with Gasteiger partial charge < -0.3 is 20.4 Å². The van der Waals surface area contributed by atoms with Crippen LogP contribution in [-0.4, -0.2) is 47.3 Å². The van der Waals surface area contributed by atoms with Crippen LogP contribution in [0, 0.1) is 0 Å². The lowest BCUT2D eigenvalue weighted by molar-refractivity contribution is 0.142. The molecule has 6 rings (SSSR count). The van der Waals surface area contributed by atoms with Gasteiger partial charge in [0.25, 0.3) is 6.43 Å². The molecule has 3 N–H and O–H groups in total. The van der Waals surface area contributed by atoms with E-state index in [0.29, 0.717) is 40.0 Å². The van der Waals surface area contributed by atoms with Crippen molar-refractivity contribution in [3.8, 4) is 17.0 Å². The number of imidazole rings is 1. The van der Waals surface area contributed by atoms with Gasteiger partial charge in [-0.15, -0.1) is 5.10 Å². The lowest BCUT2D eigenvalue weighted by Gasteiger charge is -2.15. The van der Waals surface area contributed by atoms with Gasteiger partial charge in [0.2, 0.25) is 0 Å². The summed E-state index contributed by atoms with van der Waals surface area (Å²) in [6.45, 7) is 0. The van der Waals surface area contributed by atoms with E-state index in [1.807, 2.05) is 24.3 Å². The van der Waals surface area contributed by atoms with E-state index in [1.54, 1.807) is 26.4 Å². The molecule has 0 saturated carbocycles. The molecule has 0 spiro atoms. The molecule has 0 unspecified atom stereocenters. The lowest BCUT2D eigenvalue weighted by atomic mass is 10.1. The van der Waals surface area contributed by atoms with Crippen molar-refractivity contribution in [2.45, 2.75) is 25.7 Å². The Bertz CT molecular complexity index is 1610. The van der Waals surface area contributed by atoms with E-state index in [1.165, 1.54) is 4.80 Å². The number of nitrogens with one attached hydrogen (secondary N) is 3. The largest absolute Gasteiger partial charge is 0.494 e. The van der Waals surface area contributed by atoms with Crippen LogP contribution in [0.3, 0.4) is 0 Å². The van der Waals surface area contributed by atoms with E-state index >= 15 is 0 Å². The second-order valence-corrected chi connectivity index (χ2v) is 8.59. The summed E-state index contributed by atoms with van der Waals surface area (Å²) in [5.74, 6) is 0.935. The molecule has 0 amide bonds. The number of anilines is 4. The highest BCUT2D eigenvalue weighted by Crippen LogP contribution is 2.38. The van der Waals surface area contributed by atoms with Crippen molar-refractivity contribution in [3.05, 3.63) is 53.6 Å². The first-order valence-corrected chi connectivity index (χ1v) is 11.6. The predicted octanol–water partition coefficient (Wildman–Crippen LogP) is 4.47. The number of rotatable bonds is 7. The molecule has 4 aromatic heterocycles. The minimum atomic E-state index is -2.78. The number of alkyl halides is 2. The Kier molecular flexibility index (Phi) is 5.58. The molecule has 0 atom stereocenters. The molecule has 37 heavy (non-hydrogen) atoms. The van der Waals surface area contributed by atoms with Crippen LogP contribution in [0.4, 0.5) is 31.8 Å². The Morgan fingerprint density at radius 1 is 1.05 bits per heavy atom. The second-order valence-electron chi connectivity index (χ2n) is 8.59. The number of hydrogen-bond donors (Lipinski definition) is 3. The number of para-hydroxylation sites is 1. The van der Waals surface area contributed by atoms with Crippen molar-refractivity contribution in [1.82, 2.24) is 40.1 Å². The molecule has 0 aliphatic heterocycles. The fraction of sp³-hybridized carbons (Fsp3) is 0.250. The first kappa shape index (κ1) is 22.8. The number of ether oxygens (including phenoxy) is 1. The lowest BCUT2D eigenvalue weighted by Crippen LogP contribution is -2.03.